The predicted octanol–water partition coefficient (Wildman–Crippen LogP) is 1.94. The number of likely N-dealkylation sites (tertiary alicyclic amines) is 1. The number of piperidine rings is 1. The monoisotopic (exact) mass is 452 g/mol. The van der Waals surface area contributed by atoms with E-state index in [4.69, 9.17) is 4.74 Å². The number of nitrogens with zero attached hydrogens (tertiary/aromatic N) is 3. The highest BCUT2D eigenvalue weighted by molar-refractivity contribution is 14.0. The summed E-state index contributed by atoms with van der Waals surface area (Å²) in [7, 11) is 3.54. The molecular weight excluding hydrogens is 419 g/mol. The first-order chi connectivity index (χ1) is 11.1. The van der Waals surface area contributed by atoms with Crippen molar-refractivity contribution in [2.24, 2.45) is 10.9 Å². The minimum atomic E-state index is 0. The summed E-state index contributed by atoms with van der Waals surface area (Å²) in [5.41, 5.74) is 0. The zero-order valence-corrected chi connectivity index (χ0v) is 17.6. The molecule has 1 amide bonds. The summed E-state index contributed by atoms with van der Waals surface area (Å²) >= 11 is 0. The van der Waals surface area contributed by atoms with Crippen molar-refractivity contribution in [3.05, 3.63) is 0 Å². The Labute approximate surface area is 163 Å². The number of nitrogens with one attached hydrogen (secondary N) is 1. The van der Waals surface area contributed by atoms with Crippen molar-refractivity contribution in [3.8, 4) is 0 Å². The van der Waals surface area contributed by atoms with Gasteiger partial charge in [0.1, 0.15) is 6.54 Å². The van der Waals surface area contributed by atoms with Gasteiger partial charge in [-0.05, 0) is 25.7 Å². The Morgan fingerprint density at radius 2 is 2.17 bits per heavy atom. The van der Waals surface area contributed by atoms with Crippen LogP contribution in [0.4, 0.5) is 0 Å². The maximum atomic E-state index is 11.8. The topological polar surface area (TPSA) is 57.2 Å². The first-order valence-corrected chi connectivity index (χ1v) is 8.96. The number of guanidine groups is 1. The molecule has 0 saturated carbocycles. The Morgan fingerprint density at radius 3 is 2.88 bits per heavy atom. The summed E-state index contributed by atoms with van der Waals surface area (Å²) in [5.74, 6) is 1.52. The van der Waals surface area contributed by atoms with Gasteiger partial charge in [0.25, 0.3) is 0 Å². The van der Waals surface area contributed by atoms with E-state index in [1.165, 1.54) is 6.42 Å². The van der Waals surface area contributed by atoms with E-state index in [1.807, 2.05) is 0 Å². The number of rotatable bonds is 5. The minimum Gasteiger partial charge on any atom is -0.378 e. The van der Waals surface area contributed by atoms with Gasteiger partial charge in [0, 0.05) is 46.3 Å². The molecule has 2 fully saturated rings. The average molecular weight is 452 g/mol. The normalized spacial score (nSPS) is 24.0. The van der Waals surface area contributed by atoms with E-state index < -0.39 is 0 Å². The molecule has 2 heterocycles. The van der Waals surface area contributed by atoms with Crippen LogP contribution < -0.4 is 5.32 Å². The molecule has 1 N–H and O–H groups in total. The molecule has 140 valence electrons. The van der Waals surface area contributed by atoms with Crippen LogP contribution in [0, 0.1) is 5.92 Å². The molecule has 2 aliphatic heterocycles. The Bertz CT molecular complexity index is 417. The quantitative estimate of drug-likeness (QED) is 0.300. The van der Waals surface area contributed by atoms with Crippen molar-refractivity contribution in [2.45, 2.75) is 45.1 Å². The maximum Gasteiger partial charge on any atom is 0.243 e. The molecule has 0 spiro atoms. The van der Waals surface area contributed by atoms with Gasteiger partial charge in [-0.25, -0.2) is 4.99 Å². The van der Waals surface area contributed by atoms with E-state index in [9.17, 15) is 4.79 Å². The van der Waals surface area contributed by atoms with Gasteiger partial charge in [-0.1, -0.05) is 13.3 Å². The molecule has 0 aromatic heterocycles. The number of aliphatic imine (C=N–C) groups is 1. The van der Waals surface area contributed by atoms with E-state index in [1.54, 1.807) is 19.0 Å². The molecule has 7 heteroatoms. The van der Waals surface area contributed by atoms with E-state index in [0.717, 1.165) is 57.9 Å². The fraction of sp³-hybridized carbons (Fsp3) is 0.882. The largest absolute Gasteiger partial charge is 0.378 e. The molecule has 2 unspecified atom stereocenters. The number of amides is 1. The number of unbranched alkanes of at least 4 members (excludes halogenated alkanes) is 1. The average Bonchev–Trinajstić information content (AvgIpc) is 2.57. The van der Waals surface area contributed by atoms with E-state index in [0.29, 0.717) is 12.0 Å². The molecule has 0 aliphatic carbocycles. The predicted molar refractivity (Wildman–Crippen MR) is 108 cm³/mol. The highest BCUT2D eigenvalue weighted by atomic mass is 127. The van der Waals surface area contributed by atoms with Crippen LogP contribution in [0.25, 0.3) is 0 Å². The third-order valence-corrected chi connectivity index (χ3v) is 4.69. The molecule has 2 saturated heterocycles. The van der Waals surface area contributed by atoms with Crippen molar-refractivity contribution >= 4 is 35.8 Å². The van der Waals surface area contributed by atoms with Gasteiger partial charge >= 0.3 is 0 Å². The number of fused-ring (bicyclic) bond motifs is 1. The minimum absolute atomic E-state index is 0. The van der Waals surface area contributed by atoms with Crippen molar-refractivity contribution in [2.75, 3.05) is 46.9 Å². The first-order valence-electron chi connectivity index (χ1n) is 8.96. The summed E-state index contributed by atoms with van der Waals surface area (Å²) < 4.78 is 5.89. The summed E-state index contributed by atoms with van der Waals surface area (Å²) in [6.07, 6.45) is 6.13. The molecule has 2 rings (SSSR count). The van der Waals surface area contributed by atoms with Crippen LogP contribution in [0.15, 0.2) is 4.99 Å². The van der Waals surface area contributed by atoms with Gasteiger partial charge in [-0.15, -0.1) is 24.0 Å². The summed E-state index contributed by atoms with van der Waals surface area (Å²) in [4.78, 5) is 20.3. The number of ether oxygens (including phenoxy) is 1. The Balaban J connectivity index is 0.00000288. The van der Waals surface area contributed by atoms with Gasteiger partial charge in [-0.3, -0.25) is 4.79 Å². The SMILES string of the molecule is CCCCNC(=NCC(=O)N(C)C)N1CCC2OCCCC2C1.I. The standard InChI is InChI=1S/C17H32N4O2.HI/c1-4-5-9-18-17(19-12-16(22)20(2)3)21-10-8-15-14(13-21)7-6-11-23-15;/h14-15H,4-13H2,1-3H3,(H,18,19);1H. The van der Waals surface area contributed by atoms with Gasteiger partial charge in [0.2, 0.25) is 5.91 Å². The lowest BCUT2D eigenvalue weighted by molar-refractivity contribution is -0.127. The van der Waals surface area contributed by atoms with Crippen LogP contribution in [-0.2, 0) is 9.53 Å². The molecule has 6 nitrogen and oxygen atoms in total. The van der Waals surface area contributed by atoms with E-state index in [-0.39, 0.29) is 36.4 Å². The van der Waals surface area contributed by atoms with Crippen LogP contribution in [0.5, 0.6) is 0 Å². The number of hydrogen-bond donors (Lipinski definition) is 1. The zero-order valence-electron chi connectivity index (χ0n) is 15.3. The van der Waals surface area contributed by atoms with Gasteiger partial charge in [0.15, 0.2) is 5.96 Å². The molecule has 0 bridgehead atoms. The van der Waals surface area contributed by atoms with Gasteiger partial charge in [-0.2, -0.15) is 0 Å². The maximum absolute atomic E-state index is 11.8. The number of hydrogen-bond acceptors (Lipinski definition) is 3. The molecule has 0 aromatic carbocycles. The number of carbonyl (C=O) groups excluding carboxylic acids is 1. The third kappa shape index (κ3) is 6.38. The highest BCUT2D eigenvalue weighted by Crippen LogP contribution is 2.28. The van der Waals surface area contributed by atoms with Crippen LogP contribution in [-0.4, -0.2) is 74.7 Å². The van der Waals surface area contributed by atoms with E-state index >= 15 is 0 Å². The van der Waals surface area contributed by atoms with Gasteiger partial charge < -0.3 is 19.9 Å². The summed E-state index contributed by atoms with van der Waals surface area (Å²) in [5, 5.41) is 3.44. The fourth-order valence-corrected chi connectivity index (χ4v) is 3.21. The molecule has 0 aromatic rings. The second-order valence-electron chi connectivity index (χ2n) is 6.75. The Hall–Kier alpha value is -0.570. The van der Waals surface area contributed by atoms with E-state index in [2.05, 4.69) is 22.1 Å². The molecule has 0 radical (unpaired) electrons. The first kappa shape index (κ1) is 21.5. The number of halogens is 1. The van der Waals surface area contributed by atoms with Crippen molar-refractivity contribution in [1.29, 1.82) is 0 Å². The van der Waals surface area contributed by atoms with Crippen LogP contribution in [0.3, 0.4) is 0 Å². The zero-order chi connectivity index (χ0) is 16.7. The summed E-state index contributed by atoms with van der Waals surface area (Å²) in [6, 6.07) is 0. The van der Waals surface area contributed by atoms with Crippen molar-refractivity contribution in [1.82, 2.24) is 15.1 Å². The van der Waals surface area contributed by atoms with Crippen molar-refractivity contribution < 1.29 is 9.53 Å². The highest BCUT2D eigenvalue weighted by Gasteiger charge is 2.33. The lowest BCUT2D eigenvalue weighted by atomic mass is 9.88. The van der Waals surface area contributed by atoms with Crippen molar-refractivity contribution in [3.63, 3.8) is 0 Å². The molecular formula is C17H33IN4O2. The second kappa shape index (κ2) is 11.1. The molecule has 24 heavy (non-hydrogen) atoms. The molecule has 2 aliphatic rings. The summed E-state index contributed by atoms with van der Waals surface area (Å²) in [6.45, 7) is 6.15. The second-order valence-corrected chi connectivity index (χ2v) is 6.75. The Kier molecular flexibility index (Phi) is 9.95. The number of likely N-dealkylation sites (N-methyl/N-ethyl adjacent to an activating group) is 1. The lowest BCUT2D eigenvalue weighted by Crippen LogP contribution is -2.52. The Morgan fingerprint density at radius 1 is 1.38 bits per heavy atom. The van der Waals surface area contributed by atoms with Gasteiger partial charge in [0.05, 0.1) is 6.10 Å². The fourth-order valence-electron chi connectivity index (χ4n) is 3.21. The van der Waals surface area contributed by atoms with Crippen LogP contribution >= 0.6 is 24.0 Å². The van der Waals surface area contributed by atoms with Crippen LogP contribution in [0.2, 0.25) is 0 Å². The smallest absolute Gasteiger partial charge is 0.243 e. The molecule has 2 atom stereocenters. The number of carbonyl (C=O) groups is 1. The van der Waals surface area contributed by atoms with Crippen LogP contribution in [0.1, 0.15) is 39.0 Å². The lowest BCUT2D eigenvalue weighted by Gasteiger charge is -2.42. The third-order valence-electron chi connectivity index (χ3n) is 4.69.